The van der Waals surface area contributed by atoms with Crippen molar-refractivity contribution < 1.29 is 13.9 Å². The van der Waals surface area contributed by atoms with Gasteiger partial charge in [0.25, 0.3) is 5.56 Å². The smallest absolute Gasteiger partial charge is 0.357 e. The van der Waals surface area contributed by atoms with Crippen LogP contribution in [0.5, 0.6) is 0 Å². The van der Waals surface area contributed by atoms with E-state index in [4.69, 9.17) is 9.15 Å². The predicted molar refractivity (Wildman–Crippen MR) is 122 cm³/mol. The first-order chi connectivity index (χ1) is 16.6. The number of pyridine rings is 1. The Kier molecular flexibility index (Phi) is 5.53. The summed E-state index contributed by atoms with van der Waals surface area (Å²) in [6, 6.07) is 17.5. The van der Waals surface area contributed by atoms with E-state index < -0.39 is 5.97 Å². The summed E-state index contributed by atoms with van der Waals surface area (Å²) in [4.78, 5) is 30.0. The number of aryl methyl sites for hydroxylation is 1. The SMILES string of the molecule is Cc1ccc2nc(COC(=O)/C(=C/c3ccco3)n3nnnc3-c3ccccc3)cc(=O)n2c1. The summed E-state index contributed by atoms with van der Waals surface area (Å²) in [7, 11) is 0. The number of carbonyl (C=O) groups excluding carboxylic acids is 1. The van der Waals surface area contributed by atoms with Crippen LogP contribution in [0.4, 0.5) is 0 Å². The van der Waals surface area contributed by atoms with Crippen LogP contribution in [0.25, 0.3) is 28.8 Å². The zero-order valence-corrected chi connectivity index (χ0v) is 18.0. The van der Waals surface area contributed by atoms with Crippen LogP contribution in [-0.2, 0) is 16.1 Å². The molecule has 0 aliphatic heterocycles. The fourth-order valence-corrected chi connectivity index (χ4v) is 3.38. The Morgan fingerprint density at radius 3 is 2.76 bits per heavy atom. The van der Waals surface area contributed by atoms with E-state index in [0.29, 0.717) is 28.5 Å². The second kappa shape index (κ2) is 8.94. The highest BCUT2D eigenvalue weighted by atomic mass is 16.5. The molecule has 0 bridgehead atoms. The molecular formula is C24H18N6O4. The average molecular weight is 454 g/mol. The van der Waals surface area contributed by atoms with Crippen molar-refractivity contribution in [2.75, 3.05) is 0 Å². The maximum atomic E-state index is 13.2. The molecule has 0 saturated carbocycles. The Balaban J connectivity index is 1.46. The van der Waals surface area contributed by atoms with Crippen LogP contribution in [0.15, 0.2) is 82.3 Å². The molecule has 0 N–H and O–H groups in total. The van der Waals surface area contributed by atoms with Crippen molar-refractivity contribution in [1.29, 1.82) is 0 Å². The maximum Gasteiger partial charge on any atom is 0.357 e. The van der Waals surface area contributed by atoms with Gasteiger partial charge >= 0.3 is 5.97 Å². The van der Waals surface area contributed by atoms with Crippen molar-refractivity contribution >= 4 is 23.4 Å². The van der Waals surface area contributed by atoms with Gasteiger partial charge in [-0.1, -0.05) is 36.4 Å². The molecule has 0 aliphatic rings. The number of benzene rings is 1. The second-order valence-corrected chi connectivity index (χ2v) is 7.42. The van der Waals surface area contributed by atoms with Crippen molar-refractivity contribution in [1.82, 2.24) is 29.6 Å². The number of aromatic nitrogens is 6. The first kappa shape index (κ1) is 21.0. The van der Waals surface area contributed by atoms with Crippen molar-refractivity contribution in [3.8, 4) is 11.4 Å². The van der Waals surface area contributed by atoms with E-state index in [9.17, 15) is 9.59 Å². The van der Waals surface area contributed by atoms with Gasteiger partial charge in [0.1, 0.15) is 18.0 Å². The van der Waals surface area contributed by atoms with Gasteiger partial charge in [-0.15, -0.1) is 5.10 Å². The van der Waals surface area contributed by atoms with Gasteiger partial charge < -0.3 is 9.15 Å². The number of carbonyl (C=O) groups is 1. The van der Waals surface area contributed by atoms with E-state index in [1.807, 2.05) is 43.3 Å². The van der Waals surface area contributed by atoms with Crippen LogP contribution in [0.3, 0.4) is 0 Å². The number of hydrogen-bond acceptors (Lipinski definition) is 8. The molecule has 34 heavy (non-hydrogen) atoms. The van der Waals surface area contributed by atoms with E-state index >= 15 is 0 Å². The van der Waals surface area contributed by atoms with Crippen molar-refractivity contribution in [2.45, 2.75) is 13.5 Å². The minimum absolute atomic E-state index is 0.0342. The molecule has 0 radical (unpaired) electrons. The fourth-order valence-electron chi connectivity index (χ4n) is 3.38. The average Bonchev–Trinajstić information content (AvgIpc) is 3.54. The van der Waals surface area contributed by atoms with Crippen molar-refractivity contribution in [3.63, 3.8) is 0 Å². The first-order valence-electron chi connectivity index (χ1n) is 10.3. The van der Waals surface area contributed by atoms with Gasteiger partial charge in [-0.05, 0) is 41.1 Å². The minimum Gasteiger partial charge on any atom is -0.465 e. The monoisotopic (exact) mass is 454 g/mol. The van der Waals surface area contributed by atoms with Gasteiger partial charge in [0, 0.05) is 23.9 Å². The van der Waals surface area contributed by atoms with Gasteiger partial charge in [0.2, 0.25) is 0 Å². The largest absolute Gasteiger partial charge is 0.465 e. The first-order valence-corrected chi connectivity index (χ1v) is 10.3. The lowest BCUT2D eigenvalue weighted by molar-refractivity contribution is -0.138. The Labute approximate surface area is 192 Å². The summed E-state index contributed by atoms with van der Waals surface area (Å²) in [5, 5.41) is 11.8. The van der Waals surface area contributed by atoms with E-state index in [-0.39, 0.29) is 17.9 Å². The highest BCUT2D eigenvalue weighted by Crippen LogP contribution is 2.21. The quantitative estimate of drug-likeness (QED) is 0.284. The summed E-state index contributed by atoms with van der Waals surface area (Å²) >= 11 is 0. The summed E-state index contributed by atoms with van der Waals surface area (Å²) in [5.74, 6) is 0.0542. The molecule has 0 saturated heterocycles. The molecule has 1 aromatic carbocycles. The van der Waals surface area contributed by atoms with Gasteiger partial charge in [0.05, 0.1) is 12.0 Å². The van der Waals surface area contributed by atoms with E-state index in [1.54, 1.807) is 24.4 Å². The third-order valence-corrected chi connectivity index (χ3v) is 4.97. The Morgan fingerprint density at radius 2 is 1.97 bits per heavy atom. The molecule has 0 aliphatic carbocycles. The molecule has 10 heteroatoms. The lowest BCUT2D eigenvalue weighted by Gasteiger charge is -2.10. The molecule has 5 rings (SSSR count). The number of furan rings is 1. The summed E-state index contributed by atoms with van der Waals surface area (Å²) in [5.41, 5.74) is 2.19. The summed E-state index contributed by atoms with van der Waals surface area (Å²) in [6.07, 6.45) is 4.67. The zero-order chi connectivity index (χ0) is 23.5. The van der Waals surface area contributed by atoms with Crippen LogP contribution in [0, 0.1) is 6.92 Å². The molecule has 0 unspecified atom stereocenters. The number of tetrazole rings is 1. The van der Waals surface area contributed by atoms with Gasteiger partial charge in [-0.3, -0.25) is 9.20 Å². The van der Waals surface area contributed by atoms with Crippen LogP contribution in [-0.4, -0.2) is 35.6 Å². The highest BCUT2D eigenvalue weighted by Gasteiger charge is 2.21. The van der Waals surface area contributed by atoms with E-state index in [2.05, 4.69) is 20.5 Å². The molecule has 4 aromatic heterocycles. The third kappa shape index (κ3) is 4.24. The normalized spacial score (nSPS) is 11.6. The van der Waals surface area contributed by atoms with Crippen molar-refractivity contribution in [3.05, 3.63) is 100 Å². The lowest BCUT2D eigenvalue weighted by atomic mass is 10.2. The van der Waals surface area contributed by atoms with Crippen LogP contribution < -0.4 is 5.56 Å². The molecule has 0 spiro atoms. The highest BCUT2D eigenvalue weighted by molar-refractivity contribution is 6.15. The maximum absolute atomic E-state index is 13.2. The van der Waals surface area contributed by atoms with Crippen molar-refractivity contribution in [2.24, 2.45) is 0 Å². The Morgan fingerprint density at radius 1 is 1.12 bits per heavy atom. The standard InChI is InChI=1S/C24H18N6O4/c1-16-9-10-21-25-18(12-22(31)29(21)14-16)15-34-24(32)20(13-19-8-5-11-33-19)30-23(26-27-28-30)17-6-3-2-4-7-17/h2-14H,15H2,1H3/b20-13-. The third-order valence-electron chi connectivity index (χ3n) is 4.97. The summed E-state index contributed by atoms with van der Waals surface area (Å²) in [6.45, 7) is 1.67. The van der Waals surface area contributed by atoms with Gasteiger partial charge in [-0.2, -0.15) is 4.68 Å². The number of fused-ring (bicyclic) bond motifs is 1. The van der Waals surface area contributed by atoms with E-state index in [1.165, 1.54) is 27.5 Å². The Bertz CT molecular complexity index is 1550. The van der Waals surface area contributed by atoms with Crippen LogP contribution in [0.2, 0.25) is 0 Å². The second-order valence-electron chi connectivity index (χ2n) is 7.42. The molecular weight excluding hydrogens is 436 g/mol. The number of rotatable bonds is 6. The van der Waals surface area contributed by atoms with Gasteiger partial charge in [-0.25, -0.2) is 9.78 Å². The minimum atomic E-state index is -0.716. The Hall–Kier alpha value is -4.86. The molecule has 168 valence electrons. The number of ether oxygens (including phenoxy) is 1. The zero-order valence-electron chi connectivity index (χ0n) is 18.0. The van der Waals surface area contributed by atoms with Gasteiger partial charge in [0.15, 0.2) is 11.5 Å². The van der Waals surface area contributed by atoms with Crippen LogP contribution >= 0.6 is 0 Å². The molecule has 0 atom stereocenters. The lowest BCUT2D eigenvalue weighted by Crippen LogP contribution is -2.18. The van der Waals surface area contributed by atoms with E-state index in [0.717, 1.165) is 5.56 Å². The molecule has 5 aromatic rings. The molecule has 4 heterocycles. The number of hydrogen-bond donors (Lipinski definition) is 0. The molecule has 10 nitrogen and oxygen atoms in total. The van der Waals surface area contributed by atoms with Crippen LogP contribution in [0.1, 0.15) is 17.0 Å². The predicted octanol–water partition coefficient (Wildman–Crippen LogP) is 2.99. The fraction of sp³-hybridized carbons (Fsp3) is 0.0833. The molecule has 0 fully saturated rings. The number of esters is 1. The summed E-state index contributed by atoms with van der Waals surface area (Å²) < 4.78 is 13.6. The topological polar surface area (TPSA) is 117 Å². The number of nitrogens with zero attached hydrogens (tertiary/aromatic N) is 6. The molecule has 0 amide bonds.